The van der Waals surface area contributed by atoms with Gasteiger partial charge in [-0.05, 0) is 56.5 Å². The molecular formula is C24H31ClN4O5S. The smallest absolute Gasteiger partial charge is 0.270 e. The summed E-state index contributed by atoms with van der Waals surface area (Å²) in [5.41, 5.74) is 7.17. The summed E-state index contributed by atoms with van der Waals surface area (Å²) in [4.78, 5) is 27.6. The zero-order chi connectivity index (χ0) is 25.6. The van der Waals surface area contributed by atoms with Crippen LogP contribution in [0.2, 0.25) is 5.02 Å². The number of aromatic nitrogens is 1. The Morgan fingerprint density at radius 2 is 1.86 bits per heavy atom. The normalized spacial score (nSPS) is 18.2. The molecule has 2 heterocycles. The number of nitrogens with two attached hydrogens (primary N) is 1. The summed E-state index contributed by atoms with van der Waals surface area (Å²) in [7, 11) is -3.79. The largest absolute Gasteiger partial charge is 0.390 e. The molecule has 4 N–H and O–H groups in total. The molecule has 0 saturated heterocycles. The van der Waals surface area contributed by atoms with Crippen molar-refractivity contribution in [1.29, 1.82) is 0 Å². The van der Waals surface area contributed by atoms with E-state index < -0.39 is 25.4 Å². The average molecular weight is 523 g/mol. The van der Waals surface area contributed by atoms with E-state index in [0.29, 0.717) is 42.3 Å². The third-order valence-corrected chi connectivity index (χ3v) is 10.8. The number of halogens is 1. The fourth-order valence-electron chi connectivity index (χ4n) is 4.62. The standard InChI is InChI=1S/C24H31ClN4O5S/c1-23(2,20(30)13-26)35(33,34)24(9-10-24)15-28-11-12-29-18(7-8-19(29)22(28)32)21(31)27-14-16-3-5-17(25)6-4-16/h3-8,20,30H,9-15,26H2,1-2H3,(H,27,31)/t20-/m1/s1. The Hall–Kier alpha value is -2.40. The molecule has 11 heteroatoms. The van der Waals surface area contributed by atoms with E-state index in [1.54, 1.807) is 33.7 Å². The number of carbonyl (C=O) groups excluding carboxylic acids is 2. The summed E-state index contributed by atoms with van der Waals surface area (Å²) in [6, 6.07) is 10.4. The van der Waals surface area contributed by atoms with E-state index in [2.05, 4.69) is 5.32 Å². The van der Waals surface area contributed by atoms with E-state index in [0.717, 1.165) is 5.56 Å². The lowest BCUT2D eigenvalue weighted by molar-refractivity contribution is 0.0697. The van der Waals surface area contributed by atoms with Gasteiger partial charge in [-0.2, -0.15) is 0 Å². The summed E-state index contributed by atoms with van der Waals surface area (Å²) in [5, 5.41) is 13.7. The van der Waals surface area contributed by atoms with Crippen LogP contribution in [-0.2, 0) is 22.9 Å². The molecule has 1 aromatic heterocycles. The van der Waals surface area contributed by atoms with Crippen molar-refractivity contribution in [1.82, 2.24) is 14.8 Å². The van der Waals surface area contributed by atoms with Crippen molar-refractivity contribution in [3.8, 4) is 0 Å². The Kier molecular flexibility index (Phi) is 6.78. The molecule has 0 unspecified atom stereocenters. The van der Waals surface area contributed by atoms with Crippen LogP contribution in [0.5, 0.6) is 0 Å². The monoisotopic (exact) mass is 522 g/mol. The second-order valence-electron chi connectivity index (χ2n) is 9.83. The van der Waals surface area contributed by atoms with Gasteiger partial charge in [-0.3, -0.25) is 9.59 Å². The Labute approximate surface area is 210 Å². The van der Waals surface area contributed by atoms with Gasteiger partial charge in [0.2, 0.25) is 0 Å². The zero-order valence-corrected chi connectivity index (χ0v) is 21.4. The van der Waals surface area contributed by atoms with Gasteiger partial charge in [0.05, 0.1) is 15.6 Å². The highest BCUT2D eigenvalue weighted by Crippen LogP contribution is 2.49. The van der Waals surface area contributed by atoms with Crippen molar-refractivity contribution in [2.45, 2.75) is 55.4 Å². The van der Waals surface area contributed by atoms with Gasteiger partial charge in [-0.1, -0.05) is 23.7 Å². The van der Waals surface area contributed by atoms with E-state index in [1.807, 2.05) is 12.1 Å². The average Bonchev–Trinajstić information content (AvgIpc) is 3.50. The first-order valence-electron chi connectivity index (χ1n) is 11.6. The molecule has 1 atom stereocenters. The van der Waals surface area contributed by atoms with E-state index in [4.69, 9.17) is 17.3 Å². The predicted molar refractivity (Wildman–Crippen MR) is 133 cm³/mol. The Morgan fingerprint density at radius 1 is 1.20 bits per heavy atom. The second-order valence-corrected chi connectivity index (χ2v) is 13.2. The Balaban J connectivity index is 1.47. The highest BCUT2D eigenvalue weighted by Gasteiger charge is 2.62. The predicted octanol–water partition coefficient (Wildman–Crippen LogP) is 1.57. The van der Waals surface area contributed by atoms with E-state index >= 15 is 0 Å². The molecule has 1 aliphatic heterocycles. The number of aliphatic hydroxyl groups is 1. The van der Waals surface area contributed by atoms with Crippen LogP contribution in [0.25, 0.3) is 0 Å². The summed E-state index contributed by atoms with van der Waals surface area (Å²) < 4.78 is 26.1. The minimum absolute atomic E-state index is 0.0537. The topological polar surface area (TPSA) is 135 Å². The number of nitrogens with zero attached hydrogens (tertiary/aromatic N) is 2. The van der Waals surface area contributed by atoms with Crippen molar-refractivity contribution in [2.75, 3.05) is 19.6 Å². The molecule has 9 nitrogen and oxygen atoms in total. The van der Waals surface area contributed by atoms with Crippen molar-refractivity contribution in [2.24, 2.45) is 5.73 Å². The van der Waals surface area contributed by atoms with Crippen LogP contribution in [0.3, 0.4) is 0 Å². The van der Waals surface area contributed by atoms with E-state index in [9.17, 15) is 23.1 Å². The molecule has 2 aliphatic rings. The number of fused-ring (bicyclic) bond motifs is 1. The highest BCUT2D eigenvalue weighted by atomic mass is 35.5. The van der Waals surface area contributed by atoms with Crippen LogP contribution < -0.4 is 11.1 Å². The highest BCUT2D eigenvalue weighted by molar-refractivity contribution is 7.94. The lowest BCUT2D eigenvalue weighted by atomic mass is 10.1. The summed E-state index contributed by atoms with van der Waals surface area (Å²) in [6.07, 6.45) is -0.341. The van der Waals surface area contributed by atoms with Crippen LogP contribution >= 0.6 is 11.6 Å². The maximum Gasteiger partial charge on any atom is 0.270 e. The minimum atomic E-state index is -3.79. The maximum atomic E-state index is 13.4. The SMILES string of the molecule is CC(C)([C@H](O)CN)S(=O)(=O)C1(CN2CCn3c(C(=O)NCc4ccc(Cl)cc4)ccc3C2=O)CC1. The van der Waals surface area contributed by atoms with Crippen molar-refractivity contribution in [3.05, 3.63) is 58.4 Å². The molecule has 1 saturated carbocycles. The van der Waals surface area contributed by atoms with E-state index in [-0.39, 0.29) is 31.4 Å². The molecule has 0 spiro atoms. The van der Waals surface area contributed by atoms with Gasteiger partial charge in [0, 0.05) is 37.7 Å². The fraction of sp³-hybridized carbons (Fsp3) is 0.500. The first kappa shape index (κ1) is 25.7. The third kappa shape index (κ3) is 4.48. The molecule has 0 bridgehead atoms. The van der Waals surface area contributed by atoms with Gasteiger partial charge in [0.25, 0.3) is 11.8 Å². The number of hydrogen-bond donors (Lipinski definition) is 3. The van der Waals surface area contributed by atoms with Crippen LogP contribution in [0.15, 0.2) is 36.4 Å². The summed E-state index contributed by atoms with van der Waals surface area (Å²) >= 11 is 5.90. The quantitative estimate of drug-likeness (QED) is 0.457. The molecule has 0 radical (unpaired) electrons. The van der Waals surface area contributed by atoms with Crippen LogP contribution in [-0.4, -0.2) is 70.0 Å². The lowest BCUT2D eigenvalue weighted by Crippen LogP contribution is -2.56. The number of rotatable bonds is 9. The summed E-state index contributed by atoms with van der Waals surface area (Å²) in [5.74, 6) is -0.613. The number of carbonyl (C=O) groups is 2. The fourth-order valence-corrected chi connectivity index (χ4v) is 7.29. The van der Waals surface area contributed by atoms with Gasteiger partial charge in [0.15, 0.2) is 9.84 Å². The molecule has 1 aromatic carbocycles. The van der Waals surface area contributed by atoms with Crippen molar-refractivity contribution in [3.63, 3.8) is 0 Å². The van der Waals surface area contributed by atoms with Gasteiger partial charge in [-0.25, -0.2) is 8.42 Å². The molecule has 190 valence electrons. The Bertz CT molecular complexity index is 1240. The lowest BCUT2D eigenvalue weighted by Gasteiger charge is -2.37. The van der Waals surface area contributed by atoms with Crippen LogP contribution in [0.1, 0.15) is 53.2 Å². The van der Waals surface area contributed by atoms with Crippen molar-refractivity contribution >= 4 is 33.3 Å². The molecule has 4 rings (SSSR count). The number of sulfone groups is 1. The van der Waals surface area contributed by atoms with Crippen molar-refractivity contribution < 1.29 is 23.1 Å². The first-order valence-corrected chi connectivity index (χ1v) is 13.4. The van der Waals surface area contributed by atoms with Gasteiger partial charge >= 0.3 is 0 Å². The molecule has 35 heavy (non-hydrogen) atoms. The molecule has 2 aromatic rings. The number of amides is 2. The third-order valence-electron chi connectivity index (χ3n) is 7.25. The number of aliphatic hydroxyl groups excluding tert-OH is 1. The minimum Gasteiger partial charge on any atom is -0.390 e. The molecule has 2 amide bonds. The number of hydrogen-bond acceptors (Lipinski definition) is 6. The van der Waals surface area contributed by atoms with Crippen LogP contribution in [0, 0.1) is 0 Å². The molecule has 1 aliphatic carbocycles. The molecular weight excluding hydrogens is 492 g/mol. The number of benzene rings is 1. The zero-order valence-electron chi connectivity index (χ0n) is 19.8. The summed E-state index contributed by atoms with van der Waals surface area (Å²) in [6.45, 7) is 3.84. The Morgan fingerprint density at radius 3 is 2.46 bits per heavy atom. The van der Waals surface area contributed by atoms with Crippen LogP contribution in [0.4, 0.5) is 0 Å². The van der Waals surface area contributed by atoms with Gasteiger partial charge in [-0.15, -0.1) is 0 Å². The van der Waals surface area contributed by atoms with Gasteiger partial charge in [0.1, 0.15) is 11.4 Å². The van der Waals surface area contributed by atoms with Gasteiger partial charge < -0.3 is 25.6 Å². The maximum absolute atomic E-state index is 13.4. The first-order chi connectivity index (χ1) is 16.4. The molecule has 1 fully saturated rings. The number of nitrogens with one attached hydrogen (secondary N) is 1. The second kappa shape index (κ2) is 9.24. The van der Waals surface area contributed by atoms with E-state index in [1.165, 1.54) is 13.8 Å².